The third-order valence-electron chi connectivity index (χ3n) is 2.62. The monoisotopic (exact) mass is 248 g/mol. The van der Waals surface area contributed by atoms with Crippen LogP contribution in [0.5, 0.6) is 0 Å². The molecule has 3 nitrogen and oxygen atoms in total. The number of anilines is 1. The maximum Gasteiger partial charge on any atom is 0.128 e. The molecule has 1 atom stereocenters. The third kappa shape index (κ3) is 3.05. The molecule has 2 aromatic rings. The predicted octanol–water partition coefficient (Wildman–Crippen LogP) is 2.83. The molecule has 0 radical (unpaired) electrons. The third-order valence-corrected chi connectivity index (χ3v) is 3.48. The van der Waals surface area contributed by atoms with Crippen LogP contribution in [-0.4, -0.2) is 17.1 Å². The summed E-state index contributed by atoms with van der Waals surface area (Å²) >= 11 is 1.74. The molecule has 0 aliphatic rings. The number of aliphatic hydroxyl groups is 1. The minimum atomic E-state index is -0.459. The van der Waals surface area contributed by atoms with Gasteiger partial charge in [-0.3, -0.25) is 0 Å². The van der Waals surface area contributed by atoms with Gasteiger partial charge in [-0.15, -0.1) is 11.3 Å². The molecule has 0 aliphatic carbocycles. The Hall–Kier alpha value is -1.39. The molecule has 4 heteroatoms. The molecule has 0 fully saturated rings. The molecule has 0 unspecified atom stereocenters. The summed E-state index contributed by atoms with van der Waals surface area (Å²) in [7, 11) is 2.02. The van der Waals surface area contributed by atoms with E-state index in [2.05, 4.69) is 27.4 Å². The van der Waals surface area contributed by atoms with Gasteiger partial charge in [0.05, 0.1) is 12.6 Å². The van der Waals surface area contributed by atoms with Gasteiger partial charge < -0.3 is 10.0 Å². The van der Waals surface area contributed by atoms with Gasteiger partial charge >= 0.3 is 0 Å². The second-order valence-corrected chi connectivity index (χ2v) is 5.09. The predicted molar refractivity (Wildman–Crippen MR) is 71.3 cm³/mol. The first-order valence-electron chi connectivity index (χ1n) is 5.54. The van der Waals surface area contributed by atoms with Crippen molar-refractivity contribution in [3.8, 4) is 0 Å². The fourth-order valence-corrected chi connectivity index (χ4v) is 2.34. The van der Waals surface area contributed by atoms with Crippen LogP contribution in [-0.2, 0) is 6.54 Å². The lowest BCUT2D eigenvalue weighted by atomic mass is 10.2. The Morgan fingerprint density at radius 3 is 2.76 bits per heavy atom. The lowest BCUT2D eigenvalue weighted by molar-refractivity contribution is 0.199. The molecule has 0 saturated carbocycles. The summed E-state index contributed by atoms with van der Waals surface area (Å²) in [6.45, 7) is 2.60. The van der Waals surface area contributed by atoms with Crippen molar-refractivity contribution in [2.75, 3.05) is 11.9 Å². The topological polar surface area (TPSA) is 36.4 Å². The van der Waals surface area contributed by atoms with Crippen molar-refractivity contribution in [1.29, 1.82) is 0 Å². The molecule has 0 aromatic carbocycles. The Morgan fingerprint density at radius 1 is 1.41 bits per heavy atom. The second-order valence-electron chi connectivity index (χ2n) is 4.06. The Labute approximate surface area is 105 Å². The van der Waals surface area contributed by atoms with Crippen molar-refractivity contribution in [1.82, 2.24) is 4.98 Å². The van der Waals surface area contributed by atoms with Crippen LogP contribution in [0, 0.1) is 0 Å². The Balaban J connectivity index is 2.06. The molecule has 2 rings (SSSR count). The first-order valence-corrected chi connectivity index (χ1v) is 6.42. The molecular weight excluding hydrogens is 232 g/mol. The summed E-state index contributed by atoms with van der Waals surface area (Å²) in [5.41, 5.74) is 0.846. The van der Waals surface area contributed by atoms with E-state index in [1.54, 1.807) is 24.5 Å². The van der Waals surface area contributed by atoms with E-state index in [-0.39, 0.29) is 0 Å². The van der Waals surface area contributed by atoms with Crippen molar-refractivity contribution in [2.45, 2.75) is 19.6 Å². The smallest absolute Gasteiger partial charge is 0.128 e. The van der Waals surface area contributed by atoms with E-state index in [0.717, 1.165) is 17.9 Å². The van der Waals surface area contributed by atoms with E-state index in [9.17, 15) is 5.11 Å². The fraction of sp³-hybridized carbons (Fsp3) is 0.308. The molecule has 17 heavy (non-hydrogen) atoms. The summed E-state index contributed by atoms with van der Waals surface area (Å²) in [5.74, 6) is 0.919. The molecule has 0 bridgehead atoms. The molecule has 1 N–H and O–H groups in total. The van der Waals surface area contributed by atoms with Gasteiger partial charge in [0.25, 0.3) is 0 Å². The van der Waals surface area contributed by atoms with Crippen molar-refractivity contribution in [3.05, 3.63) is 46.3 Å². The first-order chi connectivity index (χ1) is 8.16. The van der Waals surface area contributed by atoms with Crippen LogP contribution < -0.4 is 4.90 Å². The summed E-state index contributed by atoms with van der Waals surface area (Å²) in [4.78, 5) is 7.76. The summed E-state index contributed by atoms with van der Waals surface area (Å²) in [6.07, 6.45) is 1.27. The van der Waals surface area contributed by atoms with Gasteiger partial charge in [-0.25, -0.2) is 4.98 Å². The zero-order chi connectivity index (χ0) is 12.3. The van der Waals surface area contributed by atoms with E-state index >= 15 is 0 Å². The van der Waals surface area contributed by atoms with E-state index < -0.39 is 6.10 Å². The van der Waals surface area contributed by atoms with E-state index in [0.29, 0.717) is 0 Å². The van der Waals surface area contributed by atoms with Crippen molar-refractivity contribution < 1.29 is 5.11 Å². The highest BCUT2D eigenvalue weighted by Crippen LogP contribution is 2.18. The van der Waals surface area contributed by atoms with Gasteiger partial charge in [-0.2, -0.15) is 0 Å². The van der Waals surface area contributed by atoms with Crippen molar-refractivity contribution >= 4 is 17.2 Å². The highest BCUT2D eigenvalue weighted by molar-refractivity contribution is 7.09. The van der Waals surface area contributed by atoms with Gasteiger partial charge in [0.2, 0.25) is 0 Å². The van der Waals surface area contributed by atoms with Crippen LogP contribution >= 0.6 is 11.3 Å². The molecule has 90 valence electrons. The van der Waals surface area contributed by atoms with E-state index in [1.165, 1.54) is 4.88 Å². The normalized spacial score (nSPS) is 12.4. The Kier molecular flexibility index (Phi) is 3.76. The minimum absolute atomic E-state index is 0.459. The molecule has 0 saturated heterocycles. The summed E-state index contributed by atoms with van der Waals surface area (Å²) in [6, 6.07) is 8.02. The molecule has 0 amide bonds. The van der Waals surface area contributed by atoms with Crippen LogP contribution in [0.2, 0.25) is 0 Å². The number of pyridine rings is 1. The first kappa shape index (κ1) is 12.1. The summed E-state index contributed by atoms with van der Waals surface area (Å²) in [5, 5.41) is 11.5. The maximum atomic E-state index is 9.41. The number of nitrogens with zero attached hydrogens (tertiary/aromatic N) is 2. The SMILES string of the molecule is C[C@@H](O)c1ccc(N(C)Cc2cccs2)nc1. The standard InChI is InChI=1S/C13H16N2OS/c1-10(16)11-5-6-13(14-8-11)15(2)9-12-4-3-7-17-12/h3-8,10,16H,9H2,1-2H3/t10-/m1/s1. The van der Waals surface area contributed by atoms with Crippen LogP contribution in [0.3, 0.4) is 0 Å². The Morgan fingerprint density at radius 2 is 2.24 bits per heavy atom. The average molecular weight is 248 g/mol. The fourth-order valence-electron chi connectivity index (χ4n) is 1.59. The lowest BCUT2D eigenvalue weighted by Gasteiger charge is -2.17. The van der Waals surface area contributed by atoms with Crippen molar-refractivity contribution in [3.63, 3.8) is 0 Å². The van der Waals surface area contributed by atoms with Crippen molar-refractivity contribution in [2.24, 2.45) is 0 Å². The number of aromatic nitrogens is 1. The van der Waals surface area contributed by atoms with Crippen LogP contribution in [0.25, 0.3) is 0 Å². The zero-order valence-electron chi connectivity index (χ0n) is 10.00. The van der Waals surface area contributed by atoms with Gasteiger partial charge in [-0.1, -0.05) is 12.1 Å². The number of hydrogen-bond donors (Lipinski definition) is 1. The van der Waals surface area contributed by atoms with Gasteiger partial charge in [0.1, 0.15) is 5.82 Å². The number of aliphatic hydroxyl groups excluding tert-OH is 1. The van der Waals surface area contributed by atoms with E-state index in [1.807, 2.05) is 19.2 Å². The van der Waals surface area contributed by atoms with Crippen LogP contribution in [0.15, 0.2) is 35.8 Å². The quantitative estimate of drug-likeness (QED) is 0.904. The molecule has 0 spiro atoms. The summed E-state index contributed by atoms with van der Waals surface area (Å²) < 4.78 is 0. The zero-order valence-corrected chi connectivity index (χ0v) is 10.8. The molecular formula is C13H16N2OS. The van der Waals surface area contributed by atoms with Gasteiger partial charge in [0.15, 0.2) is 0 Å². The highest BCUT2D eigenvalue weighted by Gasteiger charge is 2.06. The largest absolute Gasteiger partial charge is 0.389 e. The van der Waals surface area contributed by atoms with Gasteiger partial charge in [-0.05, 0) is 30.0 Å². The Bertz CT molecular complexity index is 451. The highest BCUT2D eigenvalue weighted by atomic mass is 32.1. The lowest BCUT2D eigenvalue weighted by Crippen LogP contribution is -2.16. The molecule has 2 aromatic heterocycles. The van der Waals surface area contributed by atoms with E-state index in [4.69, 9.17) is 0 Å². The molecule has 0 aliphatic heterocycles. The van der Waals surface area contributed by atoms with Gasteiger partial charge in [0, 0.05) is 18.1 Å². The average Bonchev–Trinajstić information content (AvgIpc) is 2.82. The van der Waals surface area contributed by atoms with Crippen LogP contribution in [0.1, 0.15) is 23.5 Å². The number of thiophene rings is 1. The number of rotatable bonds is 4. The minimum Gasteiger partial charge on any atom is -0.389 e. The van der Waals surface area contributed by atoms with Crippen LogP contribution in [0.4, 0.5) is 5.82 Å². The molecule has 2 heterocycles. The second kappa shape index (κ2) is 5.29. The number of hydrogen-bond acceptors (Lipinski definition) is 4. The maximum absolute atomic E-state index is 9.41.